The van der Waals surface area contributed by atoms with Gasteiger partial charge in [-0.3, -0.25) is 4.79 Å². The maximum Gasteiger partial charge on any atom is 0.151 e. The van der Waals surface area contributed by atoms with Crippen molar-refractivity contribution in [3.05, 3.63) is 0 Å². The van der Waals surface area contributed by atoms with Crippen molar-refractivity contribution in [1.82, 2.24) is 0 Å². The van der Waals surface area contributed by atoms with Gasteiger partial charge in [-0.1, -0.05) is 0 Å². The smallest absolute Gasteiger partial charge is 0.151 e. The van der Waals surface area contributed by atoms with Crippen molar-refractivity contribution >= 4 is 5.78 Å². The molecule has 3 nitrogen and oxygen atoms in total. The van der Waals surface area contributed by atoms with E-state index >= 15 is 0 Å². The Bertz CT molecular complexity index is 165. The molecule has 1 rings (SSSR count). The molecule has 2 N–H and O–H groups in total. The quantitative estimate of drug-likeness (QED) is 0.628. The van der Waals surface area contributed by atoms with E-state index in [2.05, 4.69) is 0 Å². The first-order valence-electron chi connectivity index (χ1n) is 3.92. The van der Waals surface area contributed by atoms with E-state index in [0.29, 0.717) is 6.61 Å². The Morgan fingerprint density at radius 1 is 1.73 bits per heavy atom. The maximum absolute atomic E-state index is 11.1. The van der Waals surface area contributed by atoms with Gasteiger partial charge in [0.15, 0.2) is 5.78 Å². The first-order valence-corrected chi connectivity index (χ1v) is 3.92. The fraction of sp³-hybridized carbons (Fsp3) is 0.875. The van der Waals surface area contributed by atoms with Crippen molar-refractivity contribution in [3.8, 4) is 0 Å². The van der Waals surface area contributed by atoms with Gasteiger partial charge in [-0.05, 0) is 20.3 Å². The Balaban J connectivity index is 2.48. The van der Waals surface area contributed by atoms with Gasteiger partial charge in [-0.2, -0.15) is 0 Å². The number of ketones is 1. The summed E-state index contributed by atoms with van der Waals surface area (Å²) in [5, 5.41) is 0. The van der Waals surface area contributed by atoms with Crippen molar-refractivity contribution in [3.63, 3.8) is 0 Å². The fourth-order valence-corrected chi connectivity index (χ4v) is 1.41. The summed E-state index contributed by atoms with van der Waals surface area (Å²) >= 11 is 0. The number of ether oxygens (including phenoxy) is 1. The summed E-state index contributed by atoms with van der Waals surface area (Å²) in [4.78, 5) is 11.1. The Kier molecular flexibility index (Phi) is 2.30. The van der Waals surface area contributed by atoms with E-state index in [1.807, 2.05) is 13.8 Å². The minimum Gasteiger partial charge on any atom is -0.375 e. The molecule has 0 bridgehead atoms. The Morgan fingerprint density at radius 3 is 2.73 bits per heavy atom. The topological polar surface area (TPSA) is 52.3 Å². The van der Waals surface area contributed by atoms with Crippen LogP contribution in [0.25, 0.3) is 0 Å². The van der Waals surface area contributed by atoms with Gasteiger partial charge in [0.05, 0.1) is 18.8 Å². The Labute approximate surface area is 66.9 Å². The van der Waals surface area contributed by atoms with Gasteiger partial charge in [0, 0.05) is 5.92 Å². The summed E-state index contributed by atoms with van der Waals surface area (Å²) in [6.45, 7) is 4.68. The van der Waals surface area contributed by atoms with E-state index in [4.69, 9.17) is 10.5 Å². The number of carbonyl (C=O) groups is 1. The van der Waals surface area contributed by atoms with Crippen LogP contribution in [-0.4, -0.2) is 24.5 Å². The minimum atomic E-state index is -0.129. The van der Waals surface area contributed by atoms with Crippen molar-refractivity contribution < 1.29 is 9.53 Å². The van der Waals surface area contributed by atoms with E-state index in [9.17, 15) is 4.79 Å². The summed E-state index contributed by atoms with van der Waals surface area (Å²) in [6, 6.07) is 0. The summed E-state index contributed by atoms with van der Waals surface area (Å²) in [6.07, 6.45) is 0.809. The Hall–Kier alpha value is -0.410. The third-order valence-corrected chi connectivity index (χ3v) is 2.07. The lowest BCUT2D eigenvalue weighted by atomic mass is 9.95. The molecular formula is C8H15NO2. The highest BCUT2D eigenvalue weighted by Crippen LogP contribution is 2.29. The van der Waals surface area contributed by atoms with E-state index in [-0.39, 0.29) is 23.8 Å². The zero-order valence-corrected chi connectivity index (χ0v) is 7.09. The van der Waals surface area contributed by atoms with Crippen LogP contribution in [0.3, 0.4) is 0 Å². The Morgan fingerprint density at radius 2 is 2.36 bits per heavy atom. The molecule has 1 heterocycles. The second kappa shape index (κ2) is 2.91. The SMILES string of the molecule is CC1(C)C[C@@H](C(=O)CN)CO1. The van der Waals surface area contributed by atoms with Gasteiger partial charge in [-0.25, -0.2) is 0 Å². The lowest BCUT2D eigenvalue weighted by Crippen LogP contribution is -2.24. The van der Waals surface area contributed by atoms with Crippen LogP contribution in [0.15, 0.2) is 0 Å². The largest absolute Gasteiger partial charge is 0.375 e. The monoisotopic (exact) mass is 157 g/mol. The minimum absolute atomic E-state index is 0.0370. The van der Waals surface area contributed by atoms with Gasteiger partial charge in [-0.15, -0.1) is 0 Å². The summed E-state index contributed by atoms with van der Waals surface area (Å²) in [7, 11) is 0. The van der Waals surface area contributed by atoms with Crippen LogP contribution >= 0.6 is 0 Å². The summed E-state index contributed by atoms with van der Waals surface area (Å²) in [5.41, 5.74) is 5.11. The molecule has 1 saturated heterocycles. The third kappa shape index (κ3) is 2.01. The standard InChI is InChI=1S/C8H15NO2/c1-8(2)3-6(5-11-8)7(10)4-9/h6H,3-5,9H2,1-2H3/t6-/m1/s1. The van der Waals surface area contributed by atoms with E-state index in [1.54, 1.807) is 0 Å². The zero-order chi connectivity index (χ0) is 8.48. The van der Waals surface area contributed by atoms with Crippen LogP contribution in [0.1, 0.15) is 20.3 Å². The van der Waals surface area contributed by atoms with Crippen LogP contribution in [0.2, 0.25) is 0 Å². The van der Waals surface area contributed by atoms with Crippen LogP contribution in [-0.2, 0) is 9.53 Å². The van der Waals surface area contributed by atoms with E-state index < -0.39 is 0 Å². The van der Waals surface area contributed by atoms with Crippen molar-refractivity contribution in [2.24, 2.45) is 11.7 Å². The van der Waals surface area contributed by atoms with E-state index in [0.717, 1.165) is 6.42 Å². The molecule has 64 valence electrons. The first-order chi connectivity index (χ1) is 5.05. The predicted molar refractivity (Wildman–Crippen MR) is 42.2 cm³/mol. The molecule has 0 unspecified atom stereocenters. The van der Waals surface area contributed by atoms with Gasteiger partial charge in [0.25, 0.3) is 0 Å². The fourth-order valence-electron chi connectivity index (χ4n) is 1.41. The molecule has 0 spiro atoms. The number of carbonyl (C=O) groups excluding carboxylic acids is 1. The first kappa shape index (κ1) is 8.68. The predicted octanol–water partition coefficient (Wildman–Crippen LogP) is 0.329. The molecule has 0 saturated carbocycles. The molecular weight excluding hydrogens is 142 g/mol. The zero-order valence-electron chi connectivity index (χ0n) is 7.09. The highest BCUT2D eigenvalue weighted by molar-refractivity contribution is 5.83. The molecule has 1 aliphatic rings. The number of rotatable bonds is 2. The lowest BCUT2D eigenvalue weighted by molar-refractivity contribution is -0.121. The van der Waals surface area contributed by atoms with Gasteiger partial charge < -0.3 is 10.5 Å². The molecule has 0 aromatic carbocycles. The molecule has 0 amide bonds. The molecule has 11 heavy (non-hydrogen) atoms. The molecule has 3 heteroatoms. The van der Waals surface area contributed by atoms with Crippen LogP contribution in [0, 0.1) is 5.92 Å². The van der Waals surface area contributed by atoms with Crippen molar-refractivity contribution in [2.75, 3.05) is 13.2 Å². The maximum atomic E-state index is 11.1. The second-order valence-electron chi connectivity index (χ2n) is 3.64. The molecule has 1 aliphatic heterocycles. The van der Waals surface area contributed by atoms with Crippen LogP contribution in [0.4, 0.5) is 0 Å². The highest BCUT2D eigenvalue weighted by atomic mass is 16.5. The number of hydrogen-bond acceptors (Lipinski definition) is 3. The van der Waals surface area contributed by atoms with Crippen LogP contribution < -0.4 is 5.73 Å². The van der Waals surface area contributed by atoms with Gasteiger partial charge in [0.1, 0.15) is 0 Å². The average Bonchev–Trinajstić information content (AvgIpc) is 2.29. The molecule has 0 radical (unpaired) electrons. The molecule has 0 aliphatic carbocycles. The van der Waals surface area contributed by atoms with Crippen molar-refractivity contribution in [2.45, 2.75) is 25.9 Å². The highest BCUT2D eigenvalue weighted by Gasteiger charge is 2.35. The number of nitrogens with two attached hydrogens (primary N) is 1. The second-order valence-corrected chi connectivity index (χ2v) is 3.64. The van der Waals surface area contributed by atoms with Crippen molar-refractivity contribution in [1.29, 1.82) is 0 Å². The van der Waals surface area contributed by atoms with E-state index in [1.165, 1.54) is 0 Å². The molecule has 0 aromatic rings. The van der Waals surface area contributed by atoms with Gasteiger partial charge in [0.2, 0.25) is 0 Å². The molecule has 0 aromatic heterocycles. The summed E-state index contributed by atoms with van der Waals surface area (Å²) < 4.78 is 5.40. The average molecular weight is 157 g/mol. The number of Topliss-reactive ketones (excluding diaryl/α,β-unsaturated/α-hetero) is 1. The third-order valence-electron chi connectivity index (χ3n) is 2.07. The van der Waals surface area contributed by atoms with Crippen LogP contribution in [0.5, 0.6) is 0 Å². The number of hydrogen-bond donors (Lipinski definition) is 1. The normalized spacial score (nSPS) is 28.8. The summed E-state index contributed by atoms with van der Waals surface area (Å²) in [5.74, 6) is 0.158. The van der Waals surface area contributed by atoms with Gasteiger partial charge >= 0.3 is 0 Å². The molecule has 1 atom stereocenters. The lowest BCUT2D eigenvalue weighted by Gasteiger charge is -2.15. The molecule has 1 fully saturated rings.